The minimum Gasteiger partial charge on any atom is -0.318 e. The van der Waals surface area contributed by atoms with E-state index in [-0.39, 0.29) is 6.04 Å². The summed E-state index contributed by atoms with van der Waals surface area (Å²) in [6, 6.07) is 46.9. The summed E-state index contributed by atoms with van der Waals surface area (Å²) in [5.41, 5.74) is 9.95. The van der Waals surface area contributed by atoms with Gasteiger partial charge in [-0.05, 0) is 30.3 Å². The van der Waals surface area contributed by atoms with Crippen molar-refractivity contribution in [3.05, 3.63) is 152 Å². The van der Waals surface area contributed by atoms with Crippen molar-refractivity contribution in [2.45, 2.75) is 6.04 Å². The number of aromatic nitrogens is 2. The predicted molar refractivity (Wildman–Crippen MR) is 197 cm³/mol. The van der Waals surface area contributed by atoms with Crippen LogP contribution in [0.5, 0.6) is 0 Å². The van der Waals surface area contributed by atoms with Crippen LogP contribution in [-0.4, -0.2) is 14.8 Å². The Kier molecular flexibility index (Phi) is 4.78. The maximum Gasteiger partial charge on any atom is 0.236 e. The van der Waals surface area contributed by atoms with Crippen LogP contribution in [0.3, 0.4) is 0 Å². The molecule has 0 N–H and O–H groups in total. The first-order valence-corrected chi connectivity index (χ1v) is 16.6. The van der Waals surface area contributed by atoms with Crippen LogP contribution in [-0.2, 0) is 0 Å². The smallest absolute Gasteiger partial charge is 0.236 e. The van der Waals surface area contributed by atoms with Gasteiger partial charge in [0.2, 0.25) is 17.1 Å². The summed E-state index contributed by atoms with van der Waals surface area (Å²) >= 11 is 1.89. The third kappa shape index (κ3) is 3.04. The molecule has 1 aliphatic heterocycles. The second-order valence-electron chi connectivity index (χ2n) is 12.3. The Morgan fingerprint density at radius 2 is 1.30 bits per heavy atom. The number of nitrogens with zero attached hydrogens (tertiary/aromatic N) is 3. The standard InChI is InChI=1S/C42H26N3S/c1-2-12-26(13-3-1)43-32-18-6-4-14-27(32)29-24-25-35-39(41(29)43)31-17-11-21-36-40(31)45(35)34-20-8-7-19-33(34)44(36)37-22-10-16-30-28-15-5-9-23-38(28)46-42(30)37/h1-25,34H/q+1. The highest BCUT2D eigenvalue weighted by Crippen LogP contribution is 2.49. The van der Waals surface area contributed by atoms with E-state index in [2.05, 4.69) is 165 Å². The van der Waals surface area contributed by atoms with E-state index in [0.29, 0.717) is 0 Å². The van der Waals surface area contributed by atoms with Crippen molar-refractivity contribution in [2.75, 3.05) is 0 Å². The van der Waals surface area contributed by atoms with Crippen molar-refractivity contribution in [1.82, 2.24) is 13.7 Å². The Morgan fingerprint density at radius 3 is 2.22 bits per heavy atom. The lowest BCUT2D eigenvalue weighted by molar-refractivity contribution is 0.782. The monoisotopic (exact) mass is 604 g/mol. The van der Waals surface area contributed by atoms with Gasteiger partial charge in [-0.15, -0.1) is 11.3 Å². The SMILES string of the molecule is C1=CC2=[N+](c3cccc4c3sc3ccccc34)c3cccc4c5c6c(ccc5n(c34)C2C=C1)c1ccccc1n6-c1ccccc1. The fourth-order valence-electron chi connectivity index (χ4n) is 8.20. The highest BCUT2D eigenvalue weighted by molar-refractivity contribution is 7.26. The molecule has 0 saturated heterocycles. The lowest BCUT2D eigenvalue weighted by Crippen LogP contribution is -2.30. The van der Waals surface area contributed by atoms with Gasteiger partial charge in [-0.1, -0.05) is 103 Å². The molecule has 46 heavy (non-hydrogen) atoms. The summed E-state index contributed by atoms with van der Waals surface area (Å²) in [6.45, 7) is 0. The molecule has 4 heterocycles. The van der Waals surface area contributed by atoms with Crippen LogP contribution in [0.2, 0.25) is 0 Å². The van der Waals surface area contributed by atoms with Gasteiger partial charge in [0.05, 0.1) is 16.6 Å². The fourth-order valence-corrected chi connectivity index (χ4v) is 9.40. The molecule has 0 spiro atoms. The maximum absolute atomic E-state index is 2.59. The second-order valence-corrected chi connectivity index (χ2v) is 13.3. The summed E-state index contributed by atoms with van der Waals surface area (Å²) in [6.07, 6.45) is 9.06. The first kappa shape index (κ1) is 24.6. The van der Waals surface area contributed by atoms with Gasteiger partial charge in [-0.25, -0.2) is 0 Å². The lowest BCUT2D eigenvalue weighted by Gasteiger charge is -2.24. The first-order valence-electron chi connectivity index (χ1n) is 15.8. The van der Waals surface area contributed by atoms with Crippen LogP contribution in [0.25, 0.3) is 69.5 Å². The Balaban J connectivity index is 1.31. The zero-order chi connectivity index (χ0) is 29.9. The Labute approximate surface area is 268 Å². The number of hydrogen-bond acceptors (Lipinski definition) is 1. The van der Waals surface area contributed by atoms with E-state index in [9.17, 15) is 0 Å². The highest BCUT2D eigenvalue weighted by Gasteiger charge is 2.39. The first-order chi connectivity index (χ1) is 22.9. The van der Waals surface area contributed by atoms with Gasteiger partial charge >= 0.3 is 0 Å². The van der Waals surface area contributed by atoms with Crippen LogP contribution in [0.4, 0.5) is 11.4 Å². The number of hydrogen-bond donors (Lipinski definition) is 0. The molecule has 11 rings (SSSR count). The van der Waals surface area contributed by atoms with E-state index in [0.717, 1.165) is 0 Å². The van der Waals surface area contributed by atoms with Crippen molar-refractivity contribution in [3.63, 3.8) is 0 Å². The maximum atomic E-state index is 2.59. The van der Waals surface area contributed by atoms with Crippen molar-refractivity contribution in [2.24, 2.45) is 0 Å². The molecular weight excluding hydrogens is 579 g/mol. The van der Waals surface area contributed by atoms with Gasteiger partial charge in [-0.3, -0.25) is 0 Å². The summed E-state index contributed by atoms with van der Waals surface area (Å²) in [7, 11) is 0. The minimum atomic E-state index is 0.0662. The third-order valence-corrected chi connectivity index (χ3v) is 11.2. The zero-order valence-corrected chi connectivity index (χ0v) is 25.6. The number of fused-ring (bicyclic) bond motifs is 12. The van der Waals surface area contributed by atoms with E-state index in [1.807, 2.05) is 11.3 Å². The summed E-state index contributed by atoms with van der Waals surface area (Å²) in [5.74, 6) is 0. The molecule has 4 heteroatoms. The van der Waals surface area contributed by atoms with Crippen molar-refractivity contribution < 1.29 is 0 Å². The molecule has 1 aliphatic carbocycles. The lowest BCUT2D eigenvalue weighted by atomic mass is 10.0. The van der Waals surface area contributed by atoms with Crippen LogP contribution in [0.15, 0.2) is 152 Å². The molecule has 0 radical (unpaired) electrons. The fraction of sp³-hybridized carbons (Fsp3) is 0.0238. The second kappa shape index (κ2) is 8.94. The molecule has 3 aromatic heterocycles. The predicted octanol–water partition coefficient (Wildman–Crippen LogP) is 11.2. The average Bonchev–Trinajstić information content (AvgIpc) is 3.78. The number of para-hydroxylation sites is 3. The Bertz CT molecular complexity index is 2860. The van der Waals surface area contributed by atoms with E-state index < -0.39 is 0 Å². The third-order valence-electron chi connectivity index (χ3n) is 9.99. The molecule has 2 aliphatic rings. The molecular formula is C42H26N3S+. The van der Waals surface area contributed by atoms with Gasteiger partial charge < -0.3 is 9.13 Å². The molecule has 0 bridgehead atoms. The zero-order valence-electron chi connectivity index (χ0n) is 24.8. The van der Waals surface area contributed by atoms with Crippen LogP contribution >= 0.6 is 11.3 Å². The summed E-state index contributed by atoms with van der Waals surface area (Å²) < 4.78 is 10.2. The number of allylic oxidation sites excluding steroid dienone is 4. The number of rotatable bonds is 2. The van der Waals surface area contributed by atoms with E-state index >= 15 is 0 Å². The van der Waals surface area contributed by atoms with Crippen molar-refractivity contribution in [3.8, 4) is 5.69 Å². The molecule has 0 amide bonds. The highest BCUT2D eigenvalue weighted by atomic mass is 32.1. The summed E-state index contributed by atoms with van der Waals surface area (Å²) in [4.78, 5) is 0. The number of benzene rings is 6. The van der Waals surface area contributed by atoms with Gasteiger partial charge in [-0.2, -0.15) is 4.58 Å². The largest absolute Gasteiger partial charge is 0.318 e. The molecule has 9 aromatic rings. The topological polar surface area (TPSA) is 12.9 Å². The van der Waals surface area contributed by atoms with Gasteiger partial charge in [0, 0.05) is 60.9 Å². The molecule has 1 unspecified atom stereocenters. The van der Waals surface area contributed by atoms with Crippen LogP contribution in [0.1, 0.15) is 6.04 Å². The molecule has 1 atom stereocenters. The van der Waals surface area contributed by atoms with Crippen LogP contribution in [0, 0.1) is 0 Å². The van der Waals surface area contributed by atoms with Gasteiger partial charge in [0.15, 0.2) is 0 Å². The Morgan fingerprint density at radius 1 is 0.543 bits per heavy atom. The Hall–Kier alpha value is -5.71. The van der Waals surface area contributed by atoms with Crippen LogP contribution < -0.4 is 4.58 Å². The van der Waals surface area contributed by atoms with E-state index in [1.54, 1.807) is 0 Å². The van der Waals surface area contributed by atoms with Gasteiger partial charge in [0.25, 0.3) is 0 Å². The van der Waals surface area contributed by atoms with E-state index in [4.69, 9.17) is 0 Å². The van der Waals surface area contributed by atoms with Crippen molar-refractivity contribution in [1.29, 1.82) is 0 Å². The van der Waals surface area contributed by atoms with Gasteiger partial charge in [0.1, 0.15) is 16.3 Å². The minimum absolute atomic E-state index is 0.0662. The molecule has 0 fully saturated rings. The summed E-state index contributed by atoms with van der Waals surface area (Å²) in [5, 5.41) is 7.79. The quantitative estimate of drug-likeness (QED) is 0.174. The molecule has 214 valence electrons. The molecule has 0 saturated carbocycles. The molecule has 6 aromatic carbocycles. The molecule has 3 nitrogen and oxygen atoms in total. The van der Waals surface area contributed by atoms with E-state index in [1.165, 1.54) is 86.6 Å². The average molecular weight is 605 g/mol. The van der Waals surface area contributed by atoms with Crippen molar-refractivity contribution >= 4 is 92.2 Å². The number of thiophene rings is 1. The normalized spacial score (nSPS) is 15.8.